The summed E-state index contributed by atoms with van der Waals surface area (Å²) in [6, 6.07) is 1.77. The summed E-state index contributed by atoms with van der Waals surface area (Å²) in [5.41, 5.74) is 1.08. The molecule has 0 radical (unpaired) electrons. The van der Waals surface area contributed by atoms with E-state index in [2.05, 4.69) is 12.2 Å². The summed E-state index contributed by atoms with van der Waals surface area (Å²) >= 11 is 1.34. The van der Waals surface area contributed by atoms with E-state index in [9.17, 15) is 4.79 Å². The highest BCUT2D eigenvalue weighted by atomic mass is 32.1. The van der Waals surface area contributed by atoms with E-state index in [0.717, 1.165) is 36.5 Å². The molecule has 1 aromatic heterocycles. The number of aromatic carboxylic acids is 1. The molecular weight excluding hydrogens is 250 g/mol. The second-order valence-electron chi connectivity index (χ2n) is 5.07. The van der Waals surface area contributed by atoms with Gasteiger partial charge < -0.3 is 15.2 Å². The zero-order valence-corrected chi connectivity index (χ0v) is 11.6. The Morgan fingerprint density at radius 2 is 2.44 bits per heavy atom. The predicted molar refractivity (Wildman–Crippen MR) is 71.3 cm³/mol. The molecule has 2 N–H and O–H groups in total. The molecule has 0 aliphatic carbocycles. The van der Waals surface area contributed by atoms with E-state index in [0.29, 0.717) is 11.4 Å². The molecule has 18 heavy (non-hydrogen) atoms. The summed E-state index contributed by atoms with van der Waals surface area (Å²) < 4.78 is 5.49. The van der Waals surface area contributed by atoms with E-state index >= 15 is 0 Å². The summed E-state index contributed by atoms with van der Waals surface area (Å²) in [7, 11) is 0. The number of aryl methyl sites for hydroxylation is 1. The molecule has 1 unspecified atom stereocenters. The zero-order valence-electron chi connectivity index (χ0n) is 10.8. The van der Waals surface area contributed by atoms with Crippen LogP contribution in [-0.2, 0) is 11.3 Å². The summed E-state index contributed by atoms with van der Waals surface area (Å²) in [5.74, 6) is -0.846. The van der Waals surface area contributed by atoms with Crippen LogP contribution in [0.2, 0.25) is 0 Å². The second kappa shape index (κ2) is 5.38. The Hall–Kier alpha value is -0.910. The molecule has 0 bridgehead atoms. The molecule has 1 saturated heterocycles. The van der Waals surface area contributed by atoms with Crippen LogP contribution in [-0.4, -0.2) is 29.8 Å². The highest BCUT2D eigenvalue weighted by Gasteiger charge is 2.27. The van der Waals surface area contributed by atoms with E-state index in [1.54, 1.807) is 6.07 Å². The average molecular weight is 269 g/mol. The van der Waals surface area contributed by atoms with Crippen molar-refractivity contribution in [2.45, 2.75) is 38.8 Å². The fourth-order valence-electron chi connectivity index (χ4n) is 2.18. The number of hydrogen-bond acceptors (Lipinski definition) is 4. The van der Waals surface area contributed by atoms with Gasteiger partial charge in [-0.25, -0.2) is 4.79 Å². The number of carboxylic acid groups (broad SMARTS) is 1. The molecule has 2 rings (SSSR count). The maximum absolute atomic E-state index is 10.9. The van der Waals surface area contributed by atoms with Crippen molar-refractivity contribution in [3.63, 3.8) is 0 Å². The van der Waals surface area contributed by atoms with Crippen LogP contribution < -0.4 is 5.32 Å². The molecule has 0 aromatic carbocycles. The number of hydrogen-bond donors (Lipinski definition) is 2. The minimum atomic E-state index is -0.846. The van der Waals surface area contributed by atoms with Gasteiger partial charge in [0.2, 0.25) is 0 Å². The third-order valence-electron chi connectivity index (χ3n) is 3.37. The molecule has 1 aliphatic rings. The van der Waals surface area contributed by atoms with Crippen LogP contribution in [0.15, 0.2) is 6.07 Å². The average Bonchev–Trinajstić information content (AvgIpc) is 2.70. The van der Waals surface area contributed by atoms with Gasteiger partial charge in [-0.2, -0.15) is 0 Å². The van der Waals surface area contributed by atoms with Crippen molar-refractivity contribution in [1.82, 2.24) is 5.32 Å². The van der Waals surface area contributed by atoms with Crippen LogP contribution in [0.25, 0.3) is 0 Å². The topological polar surface area (TPSA) is 58.6 Å². The second-order valence-corrected chi connectivity index (χ2v) is 6.32. The van der Waals surface area contributed by atoms with Crippen LogP contribution in [0.3, 0.4) is 0 Å². The first-order valence-corrected chi connectivity index (χ1v) is 6.97. The molecule has 0 spiro atoms. The van der Waals surface area contributed by atoms with Gasteiger partial charge in [-0.15, -0.1) is 11.3 Å². The lowest BCUT2D eigenvalue weighted by Crippen LogP contribution is -2.48. The lowest BCUT2D eigenvalue weighted by Gasteiger charge is -2.34. The van der Waals surface area contributed by atoms with E-state index < -0.39 is 5.97 Å². The van der Waals surface area contributed by atoms with Gasteiger partial charge in [0.05, 0.1) is 6.61 Å². The number of rotatable bonds is 4. The Bertz CT molecular complexity index is 435. The Morgan fingerprint density at radius 1 is 1.67 bits per heavy atom. The quantitative estimate of drug-likeness (QED) is 0.881. The Kier molecular flexibility index (Phi) is 4.04. The van der Waals surface area contributed by atoms with Crippen molar-refractivity contribution in [2.24, 2.45) is 0 Å². The van der Waals surface area contributed by atoms with Crippen LogP contribution >= 0.6 is 11.3 Å². The van der Waals surface area contributed by atoms with Crippen molar-refractivity contribution in [2.75, 3.05) is 13.2 Å². The third-order valence-corrected chi connectivity index (χ3v) is 4.46. The van der Waals surface area contributed by atoms with Gasteiger partial charge in [0.1, 0.15) is 4.88 Å². The smallest absolute Gasteiger partial charge is 0.345 e. The van der Waals surface area contributed by atoms with Crippen molar-refractivity contribution >= 4 is 17.3 Å². The largest absolute Gasteiger partial charge is 0.477 e. The number of carbonyl (C=O) groups is 1. The Balaban J connectivity index is 1.99. The molecule has 1 fully saturated rings. The maximum atomic E-state index is 10.9. The van der Waals surface area contributed by atoms with Crippen molar-refractivity contribution in [3.8, 4) is 0 Å². The SMILES string of the molecule is Cc1sc(C(=O)O)cc1CNC1(C)CCCOC1. The number of carboxylic acids is 1. The fraction of sp³-hybridized carbons (Fsp3) is 0.615. The third kappa shape index (κ3) is 3.10. The number of nitrogens with one attached hydrogen (secondary N) is 1. The summed E-state index contributed by atoms with van der Waals surface area (Å²) in [6.45, 7) is 6.40. The van der Waals surface area contributed by atoms with Crippen LogP contribution in [0.1, 0.15) is 39.9 Å². The van der Waals surface area contributed by atoms with Crippen molar-refractivity contribution in [1.29, 1.82) is 0 Å². The molecule has 5 heteroatoms. The zero-order chi connectivity index (χ0) is 13.2. The molecule has 100 valence electrons. The minimum Gasteiger partial charge on any atom is -0.477 e. The first-order chi connectivity index (χ1) is 8.50. The monoisotopic (exact) mass is 269 g/mol. The summed E-state index contributed by atoms with van der Waals surface area (Å²) in [6.07, 6.45) is 2.18. The van der Waals surface area contributed by atoms with Gasteiger partial charge in [-0.1, -0.05) is 0 Å². The lowest BCUT2D eigenvalue weighted by molar-refractivity contribution is 0.0278. The van der Waals surface area contributed by atoms with Crippen LogP contribution in [0, 0.1) is 6.92 Å². The van der Waals surface area contributed by atoms with E-state index in [4.69, 9.17) is 9.84 Å². The van der Waals surface area contributed by atoms with Gasteiger partial charge in [-0.05, 0) is 38.3 Å². The van der Waals surface area contributed by atoms with Gasteiger partial charge in [0.15, 0.2) is 0 Å². The normalized spacial score (nSPS) is 24.1. The maximum Gasteiger partial charge on any atom is 0.345 e. The summed E-state index contributed by atoms with van der Waals surface area (Å²) in [5, 5.41) is 12.5. The van der Waals surface area contributed by atoms with Gasteiger partial charge in [0.25, 0.3) is 0 Å². The number of ether oxygens (including phenoxy) is 1. The predicted octanol–water partition coefficient (Wildman–Crippen LogP) is 2.41. The molecule has 1 aliphatic heterocycles. The molecular formula is C13H19NO3S. The fourth-order valence-corrected chi connectivity index (χ4v) is 3.06. The molecule has 4 nitrogen and oxygen atoms in total. The molecule has 0 amide bonds. The standard InChI is InChI=1S/C13H19NO3S/c1-9-10(6-11(18-9)12(15)16)7-14-13(2)4-3-5-17-8-13/h6,14H,3-5,7-8H2,1-2H3,(H,15,16). The van der Waals surface area contributed by atoms with Crippen molar-refractivity contribution in [3.05, 3.63) is 21.4 Å². The van der Waals surface area contributed by atoms with Crippen LogP contribution in [0.4, 0.5) is 0 Å². The van der Waals surface area contributed by atoms with E-state index in [1.165, 1.54) is 11.3 Å². The first kappa shape index (κ1) is 13.5. The minimum absolute atomic E-state index is 0.00993. The summed E-state index contributed by atoms with van der Waals surface area (Å²) in [4.78, 5) is 12.4. The number of thiophene rings is 1. The lowest BCUT2D eigenvalue weighted by atomic mass is 9.94. The highest BCUT2D eigenvalue weighted by molar-refractivity contribution is 7.14. The Morgan fingerprint density at radius 3 is 3.00 bits per heavy atom. The molecule has 1 aromatic rings. The van der Waals surface area contributed by atoms with E-state index in [1.807, 2.05) is 6.92 Å². The van der Waals surface area contributed by atoms with Gasteiger partial charge in [0, 0.05) is 23.6 Å². The Labute approximate surface area is 111 Å². The first-order valence-electron chi connectivity index (χ1n) is 6.15. The van der Waals surface area contributed by atoms with Crippen molar-refractivity contribution < 1.29 is 14.6 Å². The molecule has 1 atom stereocenters. The molecule has 2 heterocycles. The molecule has 0 saturated carbocycles. The highest BCUT2D eigenvalue weighted by Crippen LogP contribution is 2.24. The van der Waals surface area contributed by atoms with Gasteiger partial charge >= 0.3 is 5.97 Å². The van der Waals surface area contributed by atoms with Gasteiger partial charge in [-0.3, -0.25) is 0 Å². The van der Waals surface area contributed by atoms with E-state index in [-0.39, 0.29) is 5.54 Å². The van der Waals surface area contributed by atoms with Crippen LogP contribution in [0.5, 0.6) is 0 Å².